The van der Waals surface area contributed by atoms with E-state index >= 15 is 0 Å². The van der Waals surface area contributed by atoms with Crippen LogP contribution in [0.2, 0.25) is 0 Å². The quantitative estimate of drug-likeness (QED) is 0.842. The van der Waals surface area contributed by atoms with E-state index in [2.05, 4.69) is 5.32 Å². The summed E-state index contributed by atoms with van der Waals surface area (Å²) in [6, 6.07) is 5.57. The molecular weight excluding hydrogens is 234 g/mol. The predicted molar refractivity (Wildman–Crippen MR) is 68.3 cm³/mol. The van der Waals surface area contributed by atoms with Crippen molar-refractivity contribution in [2.75, 3.05) is 27.4 Å². The number of amides is 1. The molecular formula is C13H19NO4. The van der Waals surface area contributed by atoms with E-state index in [1.54, 1.807) is 21.1 Å². The zero-order valence-corrected chi connectivity index (χ0v) is 11.0. The van der Waals surface area contributed by atoms with E-state index in [9.17, 15) is 4.79 Å². The summed E-state index contributed by atoms with van der Waals surface area (Å²) in [6.45, 7) is 2.63. The molecule has 0 aliphatic rings. The molecule has 0 heterocycles. The summed E-state index contributed by atoms with van der Waals surface area (Å²) < 4.78 is 15.2. The maximum atomic E-state index is 11.1. The minimum Gasteiger partial charge on any atom is -0.497 e. The van der Waals surface area contributed by atoms with Gasteiger partial charge < -0.3 is 19.5 Å². The van der Waals surface area contributed by atoms with Gasteiger partial charge in [0.05, 0.1) is 20.8 Å². The Bertz CT molecular complexity index is 393. The first kappa shape index (κ1) is 14.2. The molecule has 0 bridgehead atoms. The van der Waals surface area contributed by atoms with Gasteiger partial charge in [-0.2, -0.15) is 0 Å². The average molecular weight is 253 g/mol. The van der Waals surface area contributed by atoms with Gasteiger partial charge in [0.25, 0.3) is 0 Å². The lowest BCUT2D eigenvalue weighted by atomic mass is 10.1. The Morgan fingerprint density at radius 3 is 2.67 bits per heavy atom. The Morgan fingerprint density at radius 2 is 2.06 bits per heavy atom. The standard InChI is InChI=1S/C13H19NO4/c1-4-18-13(15)14-8-7-10-9-11(16-2)5-6-12(10)17-3/h5-6,9H,4,7-8H2,1-3H3,(H,14,15). The van der Waals surface area contributed by atoms with Gasteiger partial charge in [-0.3, -0.25) is 0 Å². The highest BCUT2D eigenvalue weighted by atomic mass is 16.5. The van der Waals surface area contributed by atoms with E-state index in [0.29, 0.717) is 19.6 Å². The van der Waals surface area contributed by atoms with E-state index in [-0.39, 0.29) is 0 Å². The van der Waals surface area contributed by atoms with Crippen molar-refractivity contribution in [3.05, 3.63) is 23.8 Å². The lowest BCUT2D eigenvalue weighted by molar-refractivity contribution is 0.152. The van der Waals surface area contributed by atoms with Gasteiger partial charge in [-0.1, -0.05) is 0 Å². The van der Waals surface area contributed by atoms with Crippen LogP contribution >= 0.6 is 0 Å². The lowest BCUT2D eigenvalue weighted by Crippen LogP contribution is -2.26. The highest BCUT2D eigenvalue weighted by molar-refractivity contribution is 5.67. The fourth-order valence-corrected chi connectivity index (χ4v) is 1.56. The summed E-state index contributed by atoms with van der Waals surface area (Å²) in [5.41, 5.74) is 0.980. The van der Waals surface area contributed by atoms with E-state index in [1.165, 1.54) is 0 Å². The van der Waals surface area contributed by atoms with Crippen LogP contribution in [0.1, 0.15) is 12.5 Å². The van der Waals surface area contributed by atoms with Gasteiger partial charge in [-0.15, -0.1) is 0 Å². The number of alkyl carbamates (subject to hydrolysis) is 1. The van der Waals surface area contributed by atoms with Crippen molar-refractivity contribution in [2.45, 2.75) is 13.3 Å². The van der Waals surface area contributed by atoms with Crippen LogP contribution in [-0.2, 0) is 11.2 Å². The van der Waals surface area contributed by atoms with Crippen molar-refractivity contribution in [2.24, 2.45) is 0 Å². The molecule has 1 amide bonds. The average Bonchev–Trinajstić information content (AvgIpc) is 2.39. The molecule has 5 heteroatoms. The maximum Gasteiger partial charge on any atom is 0.407 e. The molecule has 1 aromatic rings. The number of nitrogens with one attached hydrogen (secondary N) is 1. The lowest BCUT2D eigenvalue weighted by Gasteiger charge is -2.11. The number of hydrogen-bond acceptors (Lipinski definition) is 4. The molecule has 0 aliphatic heterocycles. The molecule has 0 radical (unpaired) electrons. The molecule has 100 valence electrons. The number of ether oxygens (including phenoxy) is 3. The second-order valence-corrected chi connectivity index (χ2v) is 3.58. The van der Waals surface area contributed by atoms with Gasteiger partial charge in [-0.05, 0) is 37.1 Å². The molecule has 5 nitrogen and oxygen atoms in total. The van der Waals surface area contributed by atoms with Crippen LogP contribution in [0, 0.1) is 0 Å². The topological polar surface area (TPSA) is 56.8 Å². The Kier molecular flexibility index (Phi) is 5.84. The zero-order chi connectivity index (χ0) is 13.4. The van der Waals surface area contributed by atoms with Crippen LogP contribution in [0.3, 0.4) is 0 Å². The molecule has 0 saturated heterocycles. The van der Waals surface area contributed by atoms with Gasteiger partial charge >= 0.3 is 6.09 Å². The van der Waals surface area contributed by atoms with Gasteiger partial charge in [0.2, 0.25) is 0 Å². The molecule has 1 N–H and O–H groups in total. The van der Waals surface area contributed by atoms with Gasteiger partial charge in [0.15, 0.2) is 0 Å². The maximum absolute atomic E-state index is 11.1. The second-order valence-electron chi connectivity index (χ2n) is 3.58. The van der Waals surface area contributed by atoms with Crippen LogP contribution in [0.5, 0.6) is 11.5 Å². The Balaban J connectivity index is 2.57. The first-order valence-corrected chi connectivity index (χ1v) is 5.82. The summed E-state index contributed by atoms with van der Waals surface area (Å²) in [4.78, 5) is 11.1. The first-order valence-electron chi connectivity index (χ1n) is 5.82. The molecule has 1 aromatic carbocycles. The summed E-state index contributed by atoms with van der Waals surface area (Å²) >= 11 is 0. The molecule has 0 aliphatic carbocycles. The van der Waals surface area contributed by atoms with Crippen molar-refractivity contribution in [3.63, 3.8) is 0 Å². The number of carbonyl (C=O) groups is 1. The molecule has 0 fully saturated rings. The Morgan fingerprint density at radius 1 is 1.28 bits per heavy atom. The number of benzene rings is 1. The number of hydrogen-bond donors (Lipinski definition) is 1. The molecule has 0 atom stereocenters. The van der Waals surface area contributed by atoms with Crippen molar-refractivity contribution in [1.82, 2.24) is 5.32 Å². The van der Waals surface area contributed by atoms with Gasteiger partial charge in [0.1, 0.15) is 11.5 Å². The van der Waals surface area contributed by atoms with Crippen molar-refractivity contribution in [1.29, 1.82) is 0 Å². The third kappa shape index (κ3) is 4.16. The van der Waals surface area contributed by atoms with Crippen molar-refractivity contribution in [3.8, 4) is 11.5 Å². The summed E-state index contributed by atoms with van der Waals surface area (Å²) in [5, 5.41) is 2.66. The molecule has 1 rings (SSSR count). The van der Waals surface area contributed by atoms with Gasteiger partial charge in [0, 0.05) is 6.54 Å². The molecule has 0 aromatic heterocycles. The third-order valence-electron chi connectivity index (χ3n) is 2.43. The zero-order valence-electron chi connectivity index (χ0n) is 11.0. The SMILES string of the molecule is CCOC(=O)NCCc1cc(OC)ccc1OC. The first-order chi connectivity index (χ1) is 8.71. The molecule has 0 saturated carbocycles. The highest BCUT2D eigenvalue weighted by Crippen LogP contribution is 2.23. The van der Waals surface area contributed by atoms with Crippen molar-refractivity contribution < 1.29 is 19.0 Å². The van der Waals surface area contributed by atoms with Crippen LogP contribution in [0.4, 0.5) is 4.79 Å². The Hall–Kier alpha value is -1.91. The molecule has 18 heavy (non-hydrogen) atoms. The monoisotopic (exact) mass is 253 g/mol. The van der Waals surface area contributed by atoms with E-state index in [4.69, 9.17) is 14.2 Å². The minimum absolute atomic E-state index is 0.369. The van der Waals surface area contributed by atoms with E-state index in [0.717, 1.165) is 17.1 Å². The Labute approximate surface area is 107 Å². The number of rotatable bonds is 6. The minimum atomic E-state index is -0.403. The van der Waals surface area contributed by atoms with E-state index in [1.807, 2.05) is 18.2 Å². The fourth-order valence-electron chi connectivity index (χ4n) is 1.56. The number of methoxy groups -OCH3 is 2. The summed E-state index contributed by atoms with van der Waals surface area (Å²) in [6.07, 6.45) is 0.249. The van der Waals surface area contributed by atoms with Crippen LogP contribution in [-0.4, -0.2) is 33.5 Å². The predicted octanol–water partition coefficient (Wildman–Crippen LogP) is 1.99. The van der Waals surface area contributed by atoms with Crippen LogP contribution in [0.15, 0.2) is 18.2 Å². The number of carbonyl (C=O) groups excluding carboxylic acids is 1. The van der Waals surface area contributed by atoms with Crippen molar-refractivity contribution >= 4 is 6.09 Å². The largest absolute Gasteiger partial charge is 0.497 e. The highest BCUT2D eigenvalue weighted by Gasteiger charge is 2.06. The molecule has 0 unspecified atom stereocenters. The van der Waals surface area contributed by atoms with Crippen LogP contribution in [0.25, 0.3) is 0 Å². The molecule has 0 spiro atoms. The summed E-state index contributed by atoms with van der Waals surface area (Å²) in [5.74, 6) is 1.54. The van der Waals surface area contributed by atoms with Crippen LogP contribution < -0.4 is 14.8 Å². The second kappa shape index (κ2) is 7.42. The van der Waals surface area contributed by atoms with E-state index < -0.39 is 6.09 Å². The van der Waals surface area contributed by atoms with Gasteiger partial charge in [-0.25, -0.2) is 4.79 Å². The smallest absolute Gasteiger partial charge is 0.407 e. The normalized spacial score (nSPS) is 9.72. The summed E-state index contributed by atoms with van der Waals surface area (Å²) in [7, 11) is 3.23. The third-order valence-corrected chi connectivity index (χ3v) is 2.43. The fraction of sp³-hybridized carbons (Fsp3) is 0.462.